The number of hydrogen-bond donors (Lipinski definition) is 0. The molecule has 0 N–H and O–H groups in total. The van der Waals surface area contributed by atoms with Crippen molar-refractivity contribution in [3.63, 3.8) is 0 Å². The van der Waals surface area contributed by atoms with Gasteiger partial charge in [0.25, 0.3) is 5.91 Å². The van der Waals surface area contributed by atoms with Crippen LogP contribution in [-0.4, -0.2) is 35.3 Å². The molecular formula is C12H19NO4. The number of carbonyl (C=O) groups is 3. The van der Waals surface area contributed by atoms with E-state index in [1.807, 2.05) is 0 Å². The number of nitrogens with zero attached hydrogens (tertiary/aromatic N) is 1. The molecule has 5 heteroatoms. The van der Waals surface area contributed by atoms with Crippen molar-refractivity contribution < 1.29 is 19.1 Å². The zero-order valence-corrected chi connectivity index (χ0v) is 10.4. The molecule has 1 rings (SSSR count). The number of amides is 1. The summed E-state index contributed by atoms with van der Waals surface area (Å²) in [4.78, 5) is 35.8. The number of ketones is 1. The van der Waals surface area contributed by atoms with Crippen molar-refractivity contribution in [1.29, 1.82) is 0 Å². The fraction of sp³-hybridized carbons (Fsp3) is 0.750. The highest BCUT2D eigenvalue weighted by atomic mass is 16.6. The van der Waals surface area contributed by atoms with E-state index in [0.29, 0.717) is 13.0 Å². The maximum atomic E-state index is 11.8. The van der Waals surface area contributed by atoms with E-state index in [1.54, 1.807) is 13.8 Å². The van der Waals surface area contributed by atoms with Gasteiger partial charge in [-0.3, -0.25) is 14.4 Å². The van der Waals surface area contributed by atoms with E-state index < -0.39 is 17.9 Å². The van der Waals surface area contributed by atoms with Crippen molar-refractivity contribution in [2.75, 3.05) is 6.54 Å². The summed E-state index contributed by atoms with van der Waals surface area (Å²) in [6, 6.07) is 0. The normalized spacial score (nSPS) is 19.9. The van der Waals surface area contributed by atoms with Crippen molar-refractivity contribution in [3.05, 3.63) is 0 Å². The zero-order valence-electron chi connectivity index (χ0n) is 10.4. The Morgan fingerprint density at radius 1 is 1.18 bits per heavy atom. The summed E-state index contributed by atoms with van der Waals surface area (Å²) in [5, 5.41) is 0. The highest BCUT2D eigenvalue weighted by Crippen LogP contribution is 2.19. The fourth-order valence-corrected chi connectivity index (χ4v) is 1.80. The Kier molecular flexibility index (Phi) is 5.12. The fourth-order valence-electron chi connectivity index (χ4n) is 1.80. The summed E-state index contributed by atoms with van der Waals surface area (Å²) in [5.41, 5.74) is 0. The Labute approximate surface area is 101 Å². The largest absolute Gasteiger partial charge is 0.441 e. The molecule has 96 valence electrons. The molecule has 5 nitrogen and oxygen atoms in total. The van der Waals surface area contributed by atoms with E-state index in [2.05, 4.69) is 0 Å². The molecule has 0 aromatic carbocycles. The van der Waals surface area contributed by atoms with Gasteiger partial charge in [-0.2, -0.15) is 0 Å². The van der Waals surface area contributed by atoms with Gasteiger partial charge in [-0.1, -0.05) is 13.8 Å². The quantitative estimate of drug-likeness (QED) is 0.549. The number of carbonyl (C=O) groups excluding carboxylic acids is 3. The predicted molar refractivity (Wildman–Crippen MR) is 61.0 cm³/mol. The minimum atomic E-state index is -0.556. The van der Waals surface area contributed by atoms with Crippen LogP contribution in [0.2, 0.25) is 0 Å². The van der Waals surface area contributed by atoms with Crippen LogP contribution in [0.1, 0.15) is 46.0 Å². The van der Waals surface area contributed by atoms with Crippen LogP contribution in [0.3, 0.4) is 0 Å². The third-order valence-corrected chi connectivity index (χ3v) is 2.82. The number of likely N-dealkylation sites (tertiary alicyclic amines) is 1. The lowest BCUT2D eigenvalue weighted by Crippen LogP contribution is -2.48. The molecule has 1 saturated heterocycles. The molecule has 0 aromatic rings. The number of esters is 1. The van der Waals surface area contributed by atoms with Crippen molar-refractivity contribution in [2.24, 2.45) is 0 Å². The molecule has 0 radical (unpaired) electrons. The number of piperidine rings is 1. The Hall–Kier alpha value is -1.39. The number of rotatable bonds is 4. The second-order valence-corrected chi connectivity index (χ2v) is 4.07. The Bertz CT molecular complexity index is 314. The molecule has 17 heavy (non-hydrogen) atoms. The molecule has 1 aliphatic heterocycles. The first-order chi connectivity index (χ1) is 8.10. The summed E-state index contributed by atoms with van der Waals surface area (Å²) in [5.74, 6) is -1.29. The first-order valence-electron chi connectivity index (χ1n) is 6.13. The zero-order chi connectivity index (χ0) is 12.8. The Balaban J connectivity index is 2.68. The summed E-state index contributed by atoms with van der Waals surface area (Å²) < 4.78 is 5.18. The molecule has 0 aromatic heterocycles. The molecule has 0 saturated carbocycles. The van der Waals surface area contributed by atoms with Crippen LogP contribution >= 0.6 is 0 Å². The van der Waals surface area contributed by atoms with Gasteiger partial charge in [-0.05, 0) is 12.8 Å². The van der Waals surface area contributed by atoms with Crippen LogP contribution in [0.5, 0.6) is 0 Å². The second-order valence-electron chi connectivity index (χ2n) is 4.07. The molecule has 1 heterocycles. The third kappa shape index (κ3) is 3.54. The third-order valence-electron chi connectivity index (χ3n) is 2.82. The summed E-state index contributed by atoms with van der Waals surface area (Å²) in [6.45, 7) is 3.85. The van der Waals surface area contributed by atoms with Crippen LogP contribution in [0.4, 0.5) is 0 Å². The SMILES string of the molecule is CCC(=O)OC1CCCCN1C(=O)C(=O)CC. The lowest BCUT2D eigenvalue weighted by molar-refractivity contribution is -0.170. The van der Waals surface area contributed by atoms with E-state index in [9.17, 15) is 14.4 Å². The van der Waals surface area contributed by atoms with Gasteiger partial charge in [0.2, 0.25) is 5.78 Å². The summed E-state index contributed by atoms with van der Waals surface area (Å²) >= 11 is 0. The van der Waals surface area contributed by atoms with E-state index in [4.69, 9.17) is 4.74 Å². The van der Waals surface area contributed by atoms with Crippen molar-refractivity contribution in [1.82, 2.24) is 4.90 Å². The number of Topliss-reactive ketones (excluding diaryl/α,β-unsaturated/α-hetero) is 1. The lowest BCUT2D eigenvalue weighted by atomic mass is 10.1. The topological polar surface area (TPSA) is 63.7 Å². The first kappa shape index (κ1) is 13.7. The molecule has 1 atom stereocenters. The van der Waals surface area contributed by atoms with Crippen molar-refractivity contribution >= 4 is 17.7 Å². The van der Waals surface area contributed by atoms with Crippen LogP contribution in [-0.2, 0) is 19.1 Å². The molecule has 0 bridgehead atoms. The van der Waals surface area contributed by atoms with Gasteiger partial charge < -0.3 is 9.64 Å². The molecule has 1 amide bonds. The maximum Gasteiger partial charge on any atom is 0.307 e. The van der Waals surface area contributed by atoms with Gasteiger partial charge in [-0.25, -0.2) is 0 Å². The molecule has 1 aliphatic rings. The van der Waals surface area contributed by atoms with Gasteiger partial charge in [-0.15, -0.1) is 0 Å². The van der Waals surface area contributed by atoms with Crippen LogP contribution in [0.25, 0.3) is 0 Å². The summed E-state index contributed by atoms with van der Waals surface area (Å²) in [6.07, 6.45) is 2.28. The maximum absolute atomic E-state index is 11.8. The van der Waals surface area contributed by atoms with Gasteiger partial charge in [0.1, 0.15) is 0 Å². The highest BCUT2D eigenvalue weighted by Gasteiger charge is 2.31. The van der Waals surface area contributed by atoms with Gasteiger partial charge >= 0.3 is 5.97 Å². The van der Waals surface area contributed by atoms with E-state index in [-0.39, 0.29) is 18.8 Å². The molecule has 1 fully saturated rings. The smallest absolute Gasteiger partial charge is 0.307 e. The predicted octanol–water partition coefficient (Wildman–Crippen LogP) is 1.26. The standard InChI is InChI=1S/C12H19NO4/c1-3-9(14)12(16)13-8-6-5-7-10(13)17-11(15)4-2/h10H,3-8H2,1-2H3. The van der Waals surface area contributed by atoms with Crippen LogP contribution in [0, 0.1) is 0 Å². The summed E-state index contributed by atoms with van der Waals surface area (Å²) in [7, 11) is 0. The van der Waals surface area contributed by atoms with Crippen molar-refractivity contribution in [2.45, 2.75) is 52.2 Å². The molecule has 1 unspecified atom stereocenters. The monoisotopic (exact) mass is 241 g/mol. The minimum absolute atomic E-state index is 0.184. The first-order valence-corrected chi connectivity index (χ1v) is 6.13. The van der Waals surface area contributed by atoms with E-state index in [0.717, 1.165) is 12.8 Å². The van der Waals surface area contributed by atoms with Crippen LogP contribution < -0.4 is 0 Å². The van der Waals surface area contributed by atoms with Crippen molar-refractivity contribution in [3.8, 4) is 0 Å². The second kappa shape index (κ2) is 6.37. The molecular weight excluding hydrogens is 222 g/mol. The van der Waals surface area contributed by atoms with E-state index in [1.165, 1.54) is 4.90 Å². The highest BCUT2D eigenvalue weighted by molar-refractivity contribution is 6.36. The van der Waals surface area contributed by atoms with Gasteiger partial charge in [0, 0.05) is 25.8 Å². The van der Waals surface area contributed by atoms with Crippen LogP contribution in [0.15, 0.2) is 0 Å². The minimum Gasteiger partial charge on any atom is -0.441 e. The number of hydrogen-bond acceptors (Lipinski definition) is 4. The average molecular weight is 241 g/mol. The molecule has 0 spiro atoms. The molecule has 0 aliphatic carbocycles. The average Bonchev–Trinajstić information content (AvgIpc) is 2.37. The lowest BCUT2D eigenvalue weighted by Gasteiger charge is -2.34. The van der Waals surface area contributed by atoms with Gasteiger partial charge in [0.05, 0.1) is 0 Å². The van der Waals surface area contributed by atoms with E-state index >= 15 is 0 Å². The van der Waals surface area contributed by atoms with Gasteiger partial charge in [0.15, 0.2) is 6.23 Å². The number of ether oxygens (including phenoxy) is 1. The Morgan fingerprint density at radius 3 is 2.47 bits per heavy atom. The Morgan fingerprint density at radius 2 is 1.88 bits per heavy atom.